The Morgan fingerprint density at radius 3 is 2.50 bits per heavy atom. The Morgan fingerprint density at radius 2 is 1.65 bits per heavy atom. The van der Waals surface area contributed by atoms with Crippen LogP contribution >= 0.6 is 0 Å². The van der Waals surface area contributed by atoms with E-state index < -0.39 is 0 Å². The van der Waals surface area contributed by atoms with Crippen molar-refractivity contribution in [2.75, 3.05) is 0 Å². The van der Waals surface area contributed by atoms with Crippen LogP contribution in [0.5, 0.6) is 0 Å². The maximum atomic E-state index is 12.4. The lowest BCUT2D eigenvalue weighted by molar-refractivity contribution is 0.919. The van der Waals surface area contributed by atoms with E-state index in [1.54, 1.807) is 10.8 Å². The fraction of sp³-hybridized carbons (Fsp3) is 0.0588. The summed E-state index contributed by atoms with van der Waals surface area (Å²) in [6.07, 6.45) is 1.79. The molecule has 0 bridgehead atoms. The summed E-state index contributed by atoms with van der Waals surface area (Å²) in [7, 11) is 1.82. The molecule has 4 aromatic rings. The molecule has 96 valence electrons. The van der Waals surface area contributed by atoms with E-state index in [4.69, 9.17) is 0 Å². The van der Waals surface area contributed by atoms with Gasteiger partial charge in [-0.05, 0) is 29.7 Å². The Morgan fingerprint density at radius 1 is 0.900 bits per heavy atom. The Bertz CT molecular complexity index is 1030. The molecular weight excluding hydrogens is 248 g/mol. The summed E-state index contributed by atoms with van der Waals surface area (Å²) in [5.74, 6) is 0. The Balaban J connectivity index is 2.46. The maximum Gasteiger partial charge on any atom is 0.258 e. The predicted molar refractivity (Wildman–Crippen MR) is 82.0 cm³/mol. The molecule has 0 N–H and O–H groups in total. The number of aryl methyl sites for hydroxylation is 1. The Kier molecular flexibility index (Phi) is 2.18. The molecule has 3 heteroatoms. The van der Waals surface area contributed by atoms with Gasteiger partial charge in [0.15, 0.2) is 0 Å². The highest BCUT2D eigenvalue weighted by atomic mass is 16.1. The second-order valence-corrected chi connectivity index (χ2v) is 4.94. The number of fused-ring (bicyclic) bond motifs is 5. The number of benzene rings is 2. The van der Waals surface area contributed by atoms with Crippen molar-refractivity contribution in [1.82, 2.24) is 9.55 Å². The van der Waals surface area contributed by atoms with Gasteiger partial charge in [-0.3, -0.25) is 9.78 Å². The third-order valence-electron chi connectivity index (χ3n) is 3.86. The van der Waals surface area contributed by atoms with Crippen molar-refractivity contribution >= 4 is 32.6 Å². The summed E-state index contributed by atoms with van der Waals surface area (Å²) in [6.45, 7) is 0. The van der Waals surface area contributed by atoms with Gasteiger partial charge in [-0.1, -0.05) is 24.3 Å². The molecule has 0 radical (unpaired) electrons. The maximum absolute atomic E-state index is 12.4. The molecule has 2 aromatic carbocycles. The van der Waals surface area contributed by atoms with Crippen LogP contribution in [0.25, 0.3) is 32.6 Å². The van der Waals surface area contributed by atoms with Crippen LogP contribution in [0.15, 0.2) is 59.5 Å². The van der Waals surface area contributed by atoms with Crippen molar-refractivity contribution in [3.8, 4) is 0 Å². The minimum Gasteiger partial charge on any atom is -0.311 e. The first kappa shape index (κ1) is 11.2. The molecule has 0 saturated carbocycles. The smallest absolute Gasteiger partial charge is 0.258 e. The summed E-state index contributed by atoms with van der Waals surface area (Å²) in [5.41, 5.74) is 1.93. The van der Waals surface area contributed by atoms with Gasteiger partial charge in [-0.25, -0.2) is 0 Å². The summed E-state index contributed by atoms with van der Waals surface area (Å²) in [6, 6.07) is 15.7. The highest BCUT2D eigenvalue weighted by Crippen LogP contribution is 2.29. The largest absolute Gasteiger partial charge is 0.311 e. The SMILES string of the molecule is Cn1c(=O)c2ccccc2c2c3cccnc3ccc21. The summed E-state index contributed by atoms with van der Waals surface area (Å²) >= 11 is 0. The van der Waals surface area contributed by atoms with Crippen molar-refractivity contribution in [2.24, 2.45) is 7.05 Å². The molecule has 0 atom stereocenters. The van der Waals surface area contributed by atoms with Gasteiger partial charge in [-0.2, -0.15) is 0 Å². The summed E-state index contributed by atoms with van der Waals surface area (Å²) in [4.78, 5) is 16.8. The minimum absolute atomic E-state index is 0.0383. The lowest BCUT2D eigenvalue weighted by Crippen LogP contribution is -2.17. The Labute approximate surface area is 115 Å². The zero-order valence-electron chi connectivity index (χ0n) is 11.0. The first-order valence-electron chi connectivity index (χ1n) is 6.52. The normalized spacial score (nSPS) is 11.4. The number of hydrogen-bond donors (Lipinski definition) is 0. The first-order chi connectivity index (χ1) is 9.77. The predicted octanol–water partition coefficient (Wildman–Crippen LogP) is 3.24. The number of nitrogens with zero attached hydrogens (tertiary/aromatic N) is 2. The van der Waals surface area contributed by atoms with Crippen LogP contribution in [0, 0.1) is 0 Å². The van der Waals surface area contributed by atoms with E-state index in [0.717, 1.165) is 32.6 Å². The van der Waals surface area contributed by atoms with E-state index in [1.807, 2.05) is 49.5 Å². The molecule has 2 heterocycles. The van der Waals surface area contributed by atoms with E-state index in [0.29, 0.717) is 0 Å². The molecule has 20 heavy (non-hydrogen) atoms. The number of hydrogen-bond acceptors (Lipinski definition) is 2. The molecular formula is C17H12N2O. The average Bonchev–Trinajstić information content (AvgIpc) is 2.51. The molecule has 0 amide bonds. The fourth-order valence-electron chi connectivity index (χ4n) is 2.88. The van der Waals surface area contributed by atoms with E-state index in [9.17, 15) is 4.79 Å². The third-order valence-corrected chi connectivity index (χ3v) is 3.86. The van der Waals surface area contributed by atoms with Crippen LogP contribution in [0.1, 0.15) is 0 Å². The van der Waals surface area contributed by atoms with Gasteiger partial charge in [0, 0.05) is 29.4 Å². The van der Waals surface area contributed by atoms with Crippen LogP contribution in [-0.4, -0.2) is 9.55 Å². The molecule has 0 unspecified atom stereocenters. The minimum atomic E-state index is 0.0383. The topological polar surface area (TPSA) is 34.9 Å². The standard InChI is InChI=1S/C17H12N2O/c1-19-15-9-8-14-13(7-4-10-18-14)16(15)11-5-2-3-6-12(11)17(19)20/h2-10H,1H3. The molecule has 0 aliphatic rings. The molecule has 2 aromatic heterocycles. The number of pyridine rings is 2. The van der Waals surface area contributed by atoms with Crippen LogP contribution < -0.4 is 5.56 Å². The van der Waals surface area contributed by atoms with Gasteiger partial charge in [0.05, 0.1) is 11.0 Å². The zero-order chi connectivity index (χ0) is 13.7. The highest BCUT2D eigenvalue weighted by molar-refractivity contribution is 6.18. The number of aromatic nitrogens is 2. The van der Waals surface area contributed by atoms with Crippen molar-refractivity contribution in [1.29, 1.82) is 0 Å². The van der Waals surface area contributed by atoms with E-state index in [-0.39, 0.29) is 5.56 Å². The van der Waals surface area contributed by atoms with E-state index in [1.165, 1.54) is 0 Å². The molecule has 0 aliphatic carbocycles. The van der Waals surface area contributed by atoms with Crippen molar-refractivity contribution in [3.63, 3.8) is 0 Å². The van der Waals surface area contributed by atoms with Gasteiger partial charge in [0.2, 0.25) is 0 Å². The van der Waals surface area contributed by atoms with Gasteiger partial charge in [0.1, 0.15) is 0 Å². The van der Waals surface area contributed by atoms with E-state index >= 15 is 0 Å². The van der Waals surface area contributed by atoms with Crippen LogP contribution in [-0.2, 0) is 7.05 Å². The van der Waals surface area contributed by atoms with E-state index in [2.05, 4.69) is 11.1 Å². The molecule has 0 fully saturated rings. The Hall–Kier alpha value is -2.68. The third kappa shape index (κ3) is 1.35. The molecule has 0 saturated heterocycles. The first-order valence-corrected chi connectivity index (χ1v) is 6.52. The molecule has 0 spiro atoms. The lowest BCUT2D eigenvalue weighted by Gasteiger charge is -2.11. The molecule has 0 aliphatic heterocycles. The van der Waals surface area contributed by atoms with Crippen molar-refractivity contribution < 1.29 is 0 Å². The van der Waals surface area contributed by atoms with Gasteiger partial charge >= 0.3 is 0 Å². The van der Waals surface area contributed by atoms with Crippen LogP contribution in [0.4, 0.5) is 0 Å². The molecule has 3 nitrogen and oxygen atoms in total. The second kappa shape index (κ2) is 3.90. The van der Waals surface area contributed by atoms with Crippen LogP contribution in [0.3, 0.4) is 0 Å². The monoisotopic (exact) mass is 260 g/mol. The summed E-state index contributed by atoms with van der Waals surface area (Å²) < 4.78 is 1.71. The summed E-state index contributed by atoms with van der Waals surface area (Å²) in [5, 5.41) is 3.91. The van der Waals surface area contributed by atoms with Crippen molar-refractivity contribution in [2.45, 2.75) is 0 Å². The van der Waals surface area contributed by atoms with Crippen molar-refractivity contribution in [3.05, 3.63) is 65.1 Å². The zero-order valence-corrected chi connectivity index (χ0v) is 11.0. The average molecular weight is 260 g/mol. The lowest BCUT2D eigenvalue weighted by atomic mass is 10.0. The second-order valence-electron chi connectivity index (χ2n) is 4.94. The highest BCUT2D eigenvalue weighted by Gasteiger charge is 2.10. The van der Waals surface area contributed by atoms with Gasteiger partial charge < -0.3 is 4.57 Å². The van der Waals surface area contributed by atoms with Crippen LogP contribution in [0.2, 0.25) is 0 Å². The van der Waals surface area contributed by atoms with Gasteiger partial charge in [-0.15, -0.1) is 0 Å². The van der Waals surface area contributed by atoms with Gasteiger partial charge in [0.25, 0.3) is 5.56 Å². The quantitative estimate of drug-likeness (QED) is 0.455. The molecule has 4 rings (SSSR count). The number of rotatable bonds is 0. The fourth-order valence-corrected chi connectivity index (χ4v) is 2.88.